The summed E-state index contributed by atoms with van der Waals surface area (Å²) in [5.74, 6) is -5.22. The molecule has 0 bridgehead atoms. The Labute approximate surface area is 213 Å². The normalized spacial score (nSPS) is 18.4. The molecular weight excluding hydrogens is 485 g/mol. The average molecular weight is 517 g/mol. The van der Waals surface area contributed by atoms with Gasteiger partial charge in [-0.2, -0.15) is 13.2 Å². The average Bonchev–Trinajstić information content (AvgIpc) is 3.56. The molecule has 1 saturated heterocycles. The first kappa shape index (κ1) is 26.9. The van der Waals surface area contributed by atoms with Crippen LogP contribution < -0.4 is 5.32 Å². The van der Waals surface area contributed by atoms with Gasteiger partial charge in [-0.3, -0.25) is 9.59 Å². The van der Waals surface area contributed by atoms with Gasteiger partial charge < -0.3 is 19.8 Å². The maximum absolute atomic E-state index is 14.2. The summed E-state index contributed by atoms with van der Waals surface area (Å²) >= 11 is 0. The summed E-state index contributed by atoms with van der Waals surface area (Å²) in [6, 6.07) is 15.8. The second kappa shape index (κ2) is 11.9. The number of aromatic amines is 1. The van der Waals surface area contributed by atoms with Gasteiger partial charge in [0.25, 0.3) is 0 Å². The molecular formula is C28H31F3N2O4. The molecule has 1 aliphatic rings. The van der Waals surface area contributed by atoms with Gasteiger partial charge in [0.05, 0.1) is 12.0 Å². The Morgan fingerprint density at radius 2 is 1.81 bits per heavy atom. The van der Waals surface area contributed by atoms with E-state index in [-0.39, 0.29) is 13.0 Å². The molecule has 4 atom stereocenters. The van der Waals surface area contributed by atoms with E-state index in [0.717, 1.165) is 22.0 Å². The van der Waals surface area contributed by atoms with Gasteiger partial charge in [0.1, 0.15) is 18.3 Å². The van der Waals surface area contributed by atoms with Crippen molar-refractivity contribution in [3.05, 3.63) is 71.9 Å². The fraction of sp³-hybridized carbons (Fsp3) is 0.429. The van der Waals surface area contributed by atoms with Gasteiger partial charge in [0, 0.05) is 36.7 Å². The second-order valence-corrected chi connectivity index (χ2v) is 9.45. The Hall–Kier alpha value is -3.17. The number of ketones is 1. The molecule has 6 nitrogen and oxygen atoms in total. The minimum Gasteiger partial charge on any atom is -0.461 e. The molecule has 2 N–H and O–H groups in total. The van der Waals surface area contributed by atoms with Gasteiger partial charge in [-0.25, -0.2) is 0 Å². The molecule has 4 rings (SSSR count). The van der Waals surface area contributed by atoms with E-state index in [2.05, 4.69) is 10.3 Å². The molecule has 0 aliphatic carbocycles. The zero-order valence-corrected chi connectivity index (χ0v) is 20.6. The van der Waals surface area contributed by atoms with Gasteiger partial charge in [0.2, 0.25) is 0 Å². The lowest BCUT2D eigenvalue weighted by molar-refractivity contribution is -0.207. The van der Waals surface area contributed by atoms with E-state index < -0.39 is 48.3 Å². The number of Topliss-reactive ketones (excluding diaryl/α,β-unsaturated/α-hetero) is 1. The highest BCUT2D eigenvalue weighted by Crippen LogP contribution is 2.36. The van der Waals surface area contributed by atoms with Gasteiger partial charge in [-0.05, 0) is 43.0 Å². The standard InChI is InChI=1S/C28H31F3N2O4/c1-36-26(23-12-7-13-32-23)25(28(29,30)31)24(34)15-19(27(35)37-17-18-8-3-2-4-9-18)14-20-16-33-22-11-6-5-10-21(20)22/h2-6,8-11,16,19,23,25-26,32-33H,7,12-15,17H2,1H3/t19-,23+,25+,26+/m1/s1. The van der Waals surface area contributed by atoms with Crippen molar-refractivity contribution in [1.29, 1.82) is 0 Å². The number of hydrogen-bond donors (Lipinski definition) is 2. The third-order valence-electron chi connectivity index (χ3n) is 6.94. The molecule has 2 heterocycles. The molecule has 2 aromatic carbocycles. The van der Waals surface area contributed by atoms with Gasteiger partial charge in [-0.1, -0.05) is 48.5 Å². The number of hydrogen-bond acceptors (Lipinski definition) is 5. The lowest BCUT2D eigenvalue weighted by atomic mass is 9.84. The number of H-pyrrole nitrogens is 1. The number of alkyl halides is 3. The van der Waals surface area contributed by atoms with Crippen molar-refractivity contribution in [1.82, 2.24) is 10.3 Å². The number of nitrogens with one attached hydrogen (secondary N) is 2. The van der Waals surface area contributed by atoms with E-state index >= 15 is 0 Å². The Morgan fingerprint density at radius 1 is 1.08 bits per heavy atom. The Morgan fingerprint density at radius 3 is 2.49 bits per heavy atom. The zero-order valence-electron chi connectivity index (χ0n) is 20.6. The van der Waals surface area contributed by atoms with E-state index in [4.69, 9.17) is 9.47 Å². The minimum absolute atomic E-state index is 0.0341. The van der Waals surface area contributed by atoms with Gasteiger partial charge in [0.15, 0.2) is 0 Å². The Balaban J connectivity index is 1.58. The molecule has 0 unspecified atom stereocenters. The highest BCUT2D eigenvalue weighted by atomic mass is 19.4. The van der Waals surface area contributed by atoms with Crippen molar-refractivity contribution in [3.63, 3.8) is 0 Å². The van der Waals surface area contributed by atoms with Crippen LogP contribution >= 0.6 is 0 Å². The largest absolute Gasteiger partial charge is 0.461 e. The van der Waals surface area contributed by atoms with Crippen molar-refractivity contribution < 1.29 is 32.2 Å². The smallest absolute Gasteiger partial charge is 0.401 e. The first-order valence-corrected chi connectivity index (χ1v) is 12.4. The van der Waals surface area contributed by atoms with Crippen LogP contribution in [0.4, 0.5) is 13.2 Å². The molecule has 3 aromatic rings. The number of carbonyl (C=O) groups excluding carboxylic acids is 2. The zero-order chi connectivity index (χ0) is 26.4. The highest BCUT2D eigenvalue weighted by molar-refractivity contribution is 5.88. The summed E-state index contributed by atoms with van der Waals surface area (Å²) in [5, 5.41) is 3.85. The number of rotatable bonds is 11. The summed E-state index contributed by atoms with van der Waals surface area (Å²) in [4.78, 5) is 29.6. The van der Waals surface area contributed by atoms with E-state index in [1.165, 1.54) is 7.11 Å². The summed E-state index contributed by atoms with van der Waals surface area (Å²) in [7, 11) is 1.19. The third-order valence-corrected chi connectivity index (χ3v) is 6.94. The summed E-state index contributed by atoms with van der Waals surface area (Å²) in [5.41, 5.74) is 2.31. The fourth-order valence-corrected chi connectivity index (χ4v) is 5.10. The Kier molecular flexibility index (Phi) is 8.66. The van der Waals surface area contributed by atoms with Crippen LogP contribution in [0.15, 0.2) is 60.8 Å². The van der Waals surface area contributed by atoms with Crippen LogP contribution in [0.1, 0.15) is 30.4 Å². The molecule has 0 amide bonds. The number of para-hydroxylation sites is 1. The van der Waals surface area contributed by atoms with E-state index in [1.807, 2.05) is 30.3 Å². The monoisotopic (exact) mass is 516 g/mol. The summed E-state index contributed by atoms with van der Waals surface area (Å²) in [6.07, 6.45) is -3.83. The fourth-order valence-electron chi connectivity index (χ4n) is 5.10. The van der Waals surface area contributed by atoms with Crippen LogP contribution in [0.3, 0.4) is 0 Å². The first-order chi connectivity index (χ1) is 17.8. The molecule has 198 valence electrons. The number of methoxy groups -OCH3 is 1. The molecule has 0 spiro atoms. The summed E-state index contributed by atoms with van der Waals surface area (Å²) in [6.45, 7) is 0.534. The van der Waals surface area contributed by atoms with Gasteiger partial charge >= 0.3 is 12.1 Å². The first-order valence-electron chi connectivity index (χ1n) is 12.4. The molecule has 1 aromatic heterocycles. The van der Waals surface area contributed by atoms with Gasteiger partial charge in [-0.15, -0.1) is 0 Å². The van der Waals surface area contributed by atoms with E-state index in [0.29, 0.717) is 19.4 Å². The van der Waals surface area contributed by atoms with Crippen molar-refractivity contribution in [2.24, 2.45) is 11.8 Å². The van der Waals surface area contributed by atoms with E-state index in [9.17, 15) is 22.8 Å². The quantitative estimate of drug-likeness (QED) is 0.352. The number of esters is 1. The number of halogens is 3. The van der Waals surface area contributed by atoms with Crippen LogP contribution in [0, 0.1) is 11.8 Å². The highest BCUT2D eigenvalue weighted by Gasteiger charge is 2.52. The van der Waals surface area contributed by atoms with Crippen LogP contribution in [-0.2, 0) is 32.1 Å². The van der Waals surface area contributed by atoms with Crippen molar-refractivity contribution in [2.45, 2.75) is 50.6 Å². The minimum atomic E-state index is -4.82. The third kappa shape index (κ3) is 6.59. The molecule has 37 heavy (non-hydrogen) atoms. The van der Waals surface area contributed by atoms with Crippen LogP contribution in [-0.4, -0.2) is 48.7 Å². The number of carbonyl (C=O) groups is 2. The van der Waals surface area contributed by atoms with E-state index in [1.54, 1.807) is 30.5 Å². The van der Waals surface area contributed by atoms with Crippen molar-refractivity contribution in [2.75, 3.05) is 13.7 Å². The van der Waals surface area contributed by atoms with Crippen LogP contribution in [0.25, 0.3) is 10.9 Å². The van der Waals surface area contributed by atoms with Crippen LogP contribution in [0.2, 0.25) is 0 Å². The Bertz CT molecular complexity index is 1190. The second-order valence-electron chi connectivity index (χ2n) is 9.45. The molecule has 0 radical (unpaired) electrons. The van der Waals surface area contributed by atoms with Crippen LogP contribution in [0.5, 0.6) is 0 Å². The van der Waals surface area contributed by atoms with Crippen molar-refractivity contribution in [3.8, 4) is 0 Å². The van der Waals surface area contributed by atoms with Crippen molar-refractivity contribution >= 4 is 22.7 Å². The number of aromatic nitrogens is 1. The predicted molar refractivity (Wildman–Crippen MR) is 133 cm³/mol. The maximum atomic E-state index is 14.2. The lowest BCUT2D eigenvalue weighted by Gasteiger charge is -2.32. The number of fused-ring (bicyclic) bond motifs is 1. The number of ether oxygens (including phenoxy) is 2. The predicted octanol–water partition coefficient (Wildman–Crippen LogP) is 4.97. The molecule has 1 fully saturated rings. The molecule has 9 heteroatoms. The molecule has 0 saturated carbocycles. The maximum Gasteiger partial charge on any atom is 0.401 e. The number of benzene rings is 2. The molecule has 1 aliphatic heterocycles. The lowest BCUT2D eigenvalue weighted by Crippen LogP contribution is -2.50. The topological polar surface area (TPSA) is 80.4 Å². The summed E-state index contributed by atoms with van der Waals surface area (Å²) < 4.78 is 53.4. The SMILES string of the molecule is CO[C@@H]([C@@H]1CCCN1)[C@H](C(=O)C[C@@H](Cc1c[nH]c2ccccc12)C(=O)OCc1ccccc1)C(F)(F)F.